The Balaban J connectivity index is 2.56. The van der Waals surface area contributed by atoms with Crippen molar-refractivity contribution in [2.24, 2.45) is 16.6 Å². The first kappa shape index (κ1) is 10.4. The molecule has 1 saturated carbocycles. The Morgan fingerprint density at radius 2 is 2.15 bits per heavy atom. The van der Waals surface area contributed by atoms with Gasteiger partial charge in [0.1, 0.15) is 0 Å². The molecule has 13 heavy (non-hydrogen) atoms. The fourth-order valence-electron chi connectivity index (χ4n) is 1.61. The number of amidine groups is 1. The molecule has 0 saturated heterocycles. The third-order valence-electron chi connectivity index (χ3n) is 2.23. The summed E-state index contributed by atoms with van der Waals surface area (Å²) in [5.41, 5.74) is 5.62. The van der Waals surface area contributed by atoms with Crippen LogP contribution < -0.4 is 5.73 Å². The first-order valence-electron chi connectivity index (χ1n) is 4.62. The SMILES string of the molecule is CC(C)N=C(N)C1CCC(F)(F)C1. The lowest BCUT2D eigenvalue weighted by molar-refractivity contribution is 0.00730. The van der Waals surface area contributed by atoms with Crippen LogP contribution in [0.1, 0.15) is 33.1 Å². The maximum Gasteiger partial charge on any atom is 0.248 e. The van der Waals surface area contributed by atoms with Crippen molar-refractivity contribution >= 4 is 5.84 Å². The van der Waals surface area contributed by atoms with E-state index in [1.54, 1.807) is 0 Å². The van der Waals surface area contributed by atoms with Crippen LogP contribution in [0.2, 0.25) is 0 Å². The number of aliphatic imine (C=N–C) groups is 1. The van der Waals surface area contributed by atoms with E-state index in [0.717, 1.165) is 0 Å². The van der Waals surface area contributed by atoms with Gasteiger partial charge in [0.05, 0.1) is 5.84 Å². The molecule has 0 spiro atoms. The predicted molar refractivity (Wildman–Crippen MR) is 49.0 cm³/mol. The van der Waals surface area contributed by atoms with E-state index in [4.69, 9.17) is 5.73 Å². The van der Waals surface area contributed by atoms with Crippen LogP contribution in [0.4, 0.5) is 8.78 Å². The summed E-state index contributed by atoms with van der Waals surface area (Å²) in [6, 6.07) is 0.0919. The normalized spacial score (nSPS) is 28.4. The van der Waals surface area contributed by atoms with Gasteiger partial charge < -0.3 is 5.73 Å². The number of halogens is 2. The maximum absolute atomic E-state index is 12.8. The highest BCUT2D eigenvalue weighted by atomic mass is 19.3. The Hall–Kier alpha value is -0.670. The van der Waals surface area contributed by atoms with Gasteiger partial charge >= 0.3 is 0 Å². The van der Waals surface area contributed by atoms with E-state index in [1.807, 2.05) is 13.8 Å². The second-order valence-electron chi connectivity index (χ2n) is 3.94. The second kappa shape index (κ2) is 3.60. The van der Waals surface area contributed by atoms with Crippen LogP contribution in [0, 0.1) is 5.92 Å². The minimum atomic E-state index is -2.53. The minimum Gasteiger partial charge on any atom is -0.387 e. The Morgan fingerprint density at radius 1 is 1.54 bits per heavy atom. The van der Waals surface area contributed by atoms with Gasteiger partial charge in [-0.05, 0) is 20.3 Å². The monoisotopic (exact) mass is 190 g/mol. The molecule has 1 aliphatic rings. The summed E-state index contributed by atoms with van der Waals surface area (Å²) in [5.74, 6) is -2.34. The first-order chi connectivity index (χ1) is 5.91. The van der Waals surface area contributed by atoms with Crippen LogP contribution in [0.15, 0.2) is 4.99 Å². The maximum atomic E-state index is 12.8. The lowest BCUT2D eigenvalue weighted by atomic mass is 10.1. The molecular weight excluding hydrogens is 174 g/mol. The van der Waals surface area contributed by atoms with Crippen LogP contribution in [0.3, 0.4) is 0 Å². The van der Waals surface area contributed by atoms with Gasteiger partial charge in [0.15, 0.2) is 0 Å². The summed E-state index contributed by atoms with van der Waals surface area (Å²) >= 11 is 0. The number of alkyl halides is 2. The highest BCUT2D eigenvalue weighted by Gasteiger charge is 2.40. The highest BCUT2D eigenvalue weighted by molar-refractivity contribution is 5.83. The molecule has 4 heteroatoms. The van der Waals surface area contributed by atoms with Crippen LogP contribution >= 0.6 is 0 Å². The van der Waals surface area contributed by atoms with Gasteiger partial charge in [-0.1, -0.05) is 0 Å². The van der Waals surface area contributed by atoms with Crippen molar-refractivity contribution in [3.05, 3.63) is 0 Å². The Labute approximate surface area is 77.2 Å². The average molecular weight is 190 g/mol. The molecule has 1 aliphatic carbocycles. The van der Waals surface area contributed by atoms with E-state index in [1.165, 1.54) is 0 Å². The van der Waals surface area contributed by atoms with E-state index >= 15 is 0 Å². The van der Waals surface area contributed by atoms with E-state index in [2.05, 4.69) is 4.99 Å². The zero-order chi connectivity index (χ0) is 10.1. The van der Waals surface area contributed by atoms with Crippen molar-refractivity contribution in [3.8, 4) is 0 Å². The molecule has 0 radical (unpaired) electrons. The largest absolute Gasteiger partial charge is 0.387 e. The third-order valence-corrected chi connectivity index (χ3v) is 2.23. The zero-order valence-electron chi connectivity index (χ0n) is 8.06. The van der Waals surface area contributed by atoms with Crippen LogP contribution in [-0.4, -0.2) is 17.8 Å². The van der Waals surface area contributed by atoms with E-state index in [0.29, 0.717) is 12.3 Å². The molecule has 2 nitrogen and oxygen atoms in total. The summed E-state index contributed by atoms with van der Waals surface area (Å²) in [7, 11) is 0. The molecule has 1 fully saturated rings. The van der Waals surface area contributed by atoms with Gasteiger partial charge in [-0.2, -0.15) is 0 Å². The Bertz CT molecular complexity index is 212. The third kappa shape index (κ3) is 2.94. The first-order valence-corrected chi connectivity index (χ1v) is 4.62. The van der Waals surface area contributed by atoms with Gasteiger partial charge in [0, 0.05) is 24.8 Å². The lowest BCUT2D eigenvalue weighted by Crippen LogP contribution is -2.24. The van der Waals surface area contributed by atoms with E-state index < -0.39 is 5.92 Å². The average Bonchev–Trinajstić information content (AvgIpc) is 2.28. The molecule has 1 rings (SSSR count). The second-order valence-corrected chi connectivity index (χ2v) is 3.94. The van der Waals surface area contributed by atoms with E-state index in [-0.39, 0.29) is 24.8 Å². The Morgan fingerprint density at radius 3 is 2.54 bits per heavy atom. The van der Waals surface area contributed by atoms with Crippen molar-refractivity contribution < 1.29 is 8.78 Å². The van der Waals surface area contributed by atoms with Crippen molar-refractivity contribution in [2.75, 3.05) is 0 Å². The van der Waals surface area contributed by atoms with Crippen LogP contribution in [-0.2, 0) is 0 Å². The summed E-state index contributed by atoms with van der Waals surface area (Å²) < 4.78 is 25.6. The zero-order valence-corrected chi connectivity index (χ0v) is 8.06. The van der Waals surface area contributed by atoms with Crippen LogP contribution in [0.5, 0.6) is 0 Å². The number of rotatable bonds is 2. The molecule has 1 atom stereocenters. The van der Waals surface area contributed by atoms with E-state index in [9.17, 15) is 8.78 Å². The number of nitrogens with two attached hydrogens (primary N) is 1. The number of hydrogen-bond acceptors (Lipinski definition) is 1. The fourth-order valence-corrected chi connectivity index (χ4v) is 1.61. The van der Waals surface area contributed by atoms with Gasteiger partial charge in [-0.25, -0.2) is 8.78 Å². The quantitative estimate of drug-likeness (QED) is 0.526. The molecule has 0 aromatic heterocycles. The molecule has 76 valence electrons. The van der Waals surface area contributed by atoms with Gasteiger partial charge in [-0.3, -0.25) is 4.99 Å². The molecule has 0 aromatic carbocycles. The van der Waals surface area contributed by atoms with Crippen LogP contribution in [0.25, 0.3) is 0 Å². The summed E-state index contributed by atoms with van der Waals surface area (Å²) in [6.07, 6.45) is 0.288. The van der Waals surface area contributed by atoms with Crippen molar-refractivity contribution in [2.45, 2.75) is 45.1 Å². The summed E-state index contributed by atoms with van der Waals surface area (Å²) in [6.45, 7) is 3.78. The lowest BCUT2D eigenvalue weighted by Gasteiger charge is -2.11. The summed E-state index contributed by atoms with van der Waals surface area (Å²) in [4.78, 5) is 4.09. The molecule has 0 amide bonds. The molecule has 0 aliphatic heterocycles. The van der Waals surface area contributed by atoms with Gasteiger partial charge in [0.2, 0.25) is 5.92 Å². The molecular formula is C9H16F2N2. The van der Waals surface area contributed by atoms with Crippen molar-refractivity contribution in [1.82, 2.24) is 0 Å². The standard InChI is InChI=1S/C9H16F2N2/c1-6(2)13-8(12)7-3-4-9(10,11)5-7/h6-7H,3-5H2,1-2H3,(H2,12,13). The minimum absolute atomic E-state index is 0.0496. The fraction of sp³-hybridized carbons (Fsp3) is 0.889. The highest BCUT2D eigenvalue weighted by Crippen LogP contribution is 2.38. The molecule has 2 N–H and O–H groups in total. The predicted octanol–water partition coefficient (Wildman–Crippen LogP) is 2.19. The smallest absolute Gasteiger partial charge is 0.248 e. The van der Waals surface area contributed by atoms with Gasteiger partial charge in [-0.15, -0.1) is 0 Å². The van der Waals surface area contributed by atoms with Crippen molar-refractivity contribution in [3.63, 3.8) is 0 Å². The molecule has 0 heterocycles. The molecule has 0 bridgehead atoms. The topological polar surface area (TPSA) is 38.4 Å². The number of nitrogens with zero attached hydrogens (tertiary/aromatic N) is 1. The molecule has 1 unspecified atom stereocenters. The Kier molecular flexibility index (Phi) is 2.88. The molecule has 0 aromatic rings. The van der Waals surface area contributed by atoms with Gasteiger partial charge in [0.25, 0.3) is 0 Å². The van der Waals surface area contributed by atoms with Crippen molar-refractivity contribution in [1.29, 1.82) is 0 Å². The summed E-state index contributed by atoms with van der Waals surface area (Å²) in [5, 5.41) is 0. The number of hydrogen-bond donors (Lipinski definition) is 1.